The van der Waals surface area contributed by atoms with Crippen LogP contribution >= 0.6 is 0 Å². The fourth-order valence-corrected chi connectivity index (χ4v) is 4.35. The molecule has 0 unspecified atom stereocenters. The van der Waals surface area contributed by atoms with Crippen LogP contribution in [0.15, 0.2) is 64.4 Å². The molecule has 9 nitrogen and oxygen atoms in total. The largest absolute Gasteiger partial charge is 0.354 e. The number of hydrogen-bond acceptors (Lipinski definition) is 5. The maximum Gasteiger partial charge on any atom is 0.291 e. The van der Waals surface area contributed by atoms with Gasteiger partial charge in [0.1, 0.15) is 11.6 Å². The lowest BCUT2D eigenvalue weighted by Crippen LogP contribution is -2.33. The van der Waals surface area contributed by atoms with Crippen LogP contribution in [0.5, 0.6) is 0 Å². The van der Waals surface area contributed by atoms with Gasteiger partial charge in [0.05, 0.1) is 16.6 Å². The number of hydrogen-bond donors (Lipinski definition) is 2. The van der Waals surface area contributed by atoms with Gasteiger partial charge in [-0.05, 0) is 37.1 Å². The van der Waals surface area contributed by atoms with Crippen LogP contribution in [-0.2, 0) is 28.3 Å². The van der Waals surface area contributed by atoms with Gasteiger partial charge in [-0.2, -0.15) is 5.10 Å². The van der Waals surface area contributed by atoms with Crippen LogP contribution in [0.3, 0.4) is 0 Å². The number of rotatable bonds is 6. The van der Waals surface area contributed by atoms with E-state index >= 15 is 0 Å². The highest BCUT2D eigenvalue weighted by atomic mass is 32.2. The fraction of sp³-hybridized carbons (Fsp3) is 0.227. The summed E-state index contributed by atoms with van der Waals surface area (Å²) in [5.41, 5.74) is 1.81. The molecule has 0 radical (unpaired) electrons. The molecule has 0 spiro atoms. The third-order valence-electron chi connectivity index (χ3n) is 5.54. The van der Waals surface area contributed by atoms with Crippen molar-refractivity contribution in [2.75, 3.05) is 6.54 Å². The third-order valence-corrected chi connectivity index (χ3v) is 6.47. The Bertz CT molecular complexity index is 1490. The van der Waals surface area contributed by atoms with Crippen LogP contribution in [0, 0.1) is 0 Å². The quantitative estimate of drug-likeness (QED) is 0.457. The van der Waals surface area contributed by atoms with Gasteiger partial charge in [0.25, 0.3) is 5.56 Å². The van der Waals surface area contributed by atoms with Crippen molar-refractivity contribution < 1.29 is 13.2 Å². The van der Waals surface area contributed by atoms with Gasteiger partial charge in [-0.25, -0.2) is 18.2 Å². The van der Waals surface area contributed by atoms with Crippen molar-refractivity contribution in [1.82, 2.24) is 19.7 Å². The highest BCUT2D eigenvalue weighted by Gasteiger charge is 2.23. The number of aryl methyl sites for hydroxylation is 1. The molecule has 166 valence electrons. The maximum absolute atomic E-state index is 12.9. The lowest BCUT2D eigenvalue weighted by molar-refractivity contribution is -0.123. The van der Waals surface area contributed by atoms with Crippen molar-refractivity contribution in [2.45, 2.75) is 24.3 Å². The number of nitrogens with zero attached hydrogens (tertiary/aromatic N) is 3. The SMILES string of the molecule is C[C@H](C(=O)NCCc1ccc(S(N)(=O)=O)cc1)n1c2ccccc2c2cnn(C)c(=O)c21. The molecule has 2 heterocycles. The minimum atomic E-state index is -3.74. The second-order valence-corrected chi connectivity index (χ2v) is 9.19. The number of para-hydroxylation sites is 1. The van der Waals surface area contributed by atoms with Crippen LogP contribution < -0.4 is 16.0 Å². The number of benzene rings is 2. The Morgan fingerprint density at radius 1 is 1.12 bits per heavy atom. The lowest BCUT2D eigenvalue weighted by Gasteiger charge is -2.16. The molecule has 1 atom stereocenters. The number of sulfonamides is 1. The zero-order chi connectivity index (χ0) is 23.0. The fourth-order valence-electron chi connectivity index (χ4n) is 3.83. The number of carbonyl (C=O) groups is 1. The lowest BCUT2D eigenvalue weighted by atomic mass is 10.1. The molecule has 1 amide bonds. The van der Waals surface area contributed by atoms with E-state index in [0.29, 0.717) is 23.9 Å². The summed E-state index contributed by atoms with van der Waals surface area (Å²) in [5.74, 6) is -0.229. The number of carbonyl (C=O) groups excluding carboxylic acids is 1. The molecule has 4 rings (SSSR count). The van der Waals surface area contributed by atoms with E-state index in [1.54, 1.807) is 36.9 Å². The molecule has 0 aliphatic rings. The normalized spacial score (nSPS) is 12.8. The van der Waals surface area contributed by atoms with Gasteiger partial charge in [-0.1, -0.05) is 30.3 Å². The summed E-state index contributed by atoms with van der Waals surface area (Å²) in [5, 5.41) is 13.7. The van der Waals surface area contributed by atoms with E-state index in [9.17, 15) is 18.0 Å². The Morgan fingerprint density at radius 2 is 1.81 bits per heavy atom. The number of nitrogens with two attached hydrogens (primary N) is 1. The van der Waals surface area contributed by atoms with Crippen LogP contribution in [-0.4, -0.2) is 35.2 Å². The van der Waals surface area contributed by atoms with E-state index in [1.807, 2.05) is 24.3 Å². The molecule has 2 aromatic carbocycles. The van der Waals surface area contributed by atoms with E-state index in [-0.39, 0.29) is 16.4 Å². The molecule has 3 N–H and O–H groups in total. The summed E-state index contributed by atoms with van der Waals surface area (Å²) in [7, 11) is -2.16. The van der Waals surface area contributed by atoms with Crippen LogP contribution in [0.1, 0.15) is 18.5 Å². The predicted molar refractivity (Wildman–Crippen MR) is 122 cm³/mol. The highest BCUT2D eigenvalue weighted by Crippen LogP contribution is 2.29. The summed E-state index contributed by atoms with van der Waals surface area (Å²) in [6, 6.07) is 13.1. The predicted octanol–water partition coefficient (Wildman–Crippen LogP) is 1.46. The molecule has 2 aromatic heterocycles. The summed E-state index contributed by atoms with van der Waals surface area (Å²) >= 11 is 0. The Hall–Kier alpha value is -3.50. The van der Waals surface area contributed by atoms with E-state index in [4.69, 9.17) is 5.14 Å². The minimum absolute atomic E-state index is 0.0429. The number of amides is 1. The van der Waals surface area contributed by atoms with Gasteiger partial charge in [-0.3, -0.25) is 9.59 Å². The molecule has 0 fully saturated rings. The van der Waals surface area contributed by atoms with Crippen molar-refractivity contribution in [1.29, 1.82) is 0 Å². The molecule has 32 heavy (non-hydrogen) atoms. The van der Waals surface area contributed by atoms with Gasteiger partial charge >= 0.3 is 0 Å². The van der Waals surface area contributed by atoms with E-state index < -0.39 is 16.1 Å². The molecule has 0 aliphatic heterocycles. The van der Waals surface area contributed by atoms with Crippen molar-refractivity contribution in [3.8, 4) is 0 Å². The van der Waals surface area contributed by atoms with Crippen molar-refractivity contribution in [2.24, 2.45) is 12.2 Å². The Balaban J connectivity index is 1.56. The van der Waals surface area contributed by atoms with E-state index in [1.165, 1.54) is 16.8 Å². The van der Waals surface area contributed by atoms with Crippen LogP contribution in [0.4, 0.5) is 0 Å². The highest BCUT2D eigenvalue weighted by molar-refractivity contribution is 7.89. The average Bonchev–Trinajstić information content (AvgIpc) is 3.10. The van der Waals surface area contributed by atoms with Gasteiger partial charge in [-0.15, -0.1) is 0 Å². The number of nitrogens with one attached hydrogen (secondary N) is 1. The zero-order valence-electron chi connectivity index (χ0n) is 17.6. The first-order valence-electron chi connectivity index (χ1n) is 10.0. The van der Waals surface area contributed by atoms with Crippen molar-refractivity contribution in [3.63, 3.8) is 0 Å². The second-order valence-electron chi connectivity index (χ2n) is 7.63. The molecule has 0 saturated heterocycles. The Morgan fingerprint density at radius 3 is 2.50 bits per heavy atom. The van der Waals surface area contributed by atoms with Crippen molar-refractivity contribution in [3.05, 3.63) is 70.6 Å². The molecular formula is C22H23N5O4S. The molecular weight excluding hydrogens is 430 g/mol. The monoisotopic (exact) mass is 453 g/mol. The first kappa shape index (κ1) is 21.7. The number of primary sulfonamides is 1. The summed E-state index contributed by atoms with van der Waals surface area (Å²) in [6.07, 6.45) is 2.16. The molecule has 10 heteroatoms. The second kappa shape index (κ2) is 8.21. The van der Waals surface area contributed by atoms with Gasteiger partial charge < -0.3 is 9.88 Å². The maximum atomic E-state index is 12.9. The molecule has 0 aliphatic carbocycles. The van der Waals surface area contributed by atoms with E-state index in [2.05, 4.69) is 10.4 Å². The summed E-state index contributed by atoms with van der Waals surface area (Å²) in [6.45, 7) is 2.11. The van der Waals surface area contributed by atoms with Crippen LogP contribution in [0.2, 0.25) is 0 Å². The smallest absolute Gasteiger partial charge is 0.291 e. The first-order chi connectivity index (χ1) is 15.2. The average molecular weight is 454 g/mol. The molecule has 0 bridgehead atoms. The topological polar surface area (TPSA) is 129 Å². The molecule has 4 aromatic rings. The van der Waals surface area contributed by atoms with Gasteiger partial charge in [0.2, 0.25) is 15.9 Å². The Kier molecular flexibility index (Phi) is 5.57. The van der Waals surface area contributed by atoms with Gasteiger partial charge in [0, 0.05) is 24.4 Å². The summed E-state index contributed by atoms with van der Waals surface area (Å²) < 4.78 is 25.7. The van der Waals surface area contributed by atoms with E-state index in [0.717, 1.165) is 16.5 Å². The molecule has 0 saturated carbocycles. The van der Waals surface area contributed by atoms with Crippen molar-refractivity contribution >= 4 is 37.7 Å². The number of fused-ring (bicyclic) bond motifs is 3. The third kappa shape index (κ3) is 3.90. The summed E-state index contributed by atoms with van der Waals surface area (Å²) in [4.78, 5) is 25.8. The Labute approximate surface area is 184 Å². The van der Waals surface area contributed by atoms with Gasteiger partial charge in [0.15, 0.2) is 0 Å². The minimum Gasteiger partial charge on any atom is -0.354 e. The zero-order valence-corrected chi connectivity index (χ0v) is 18.5. The first-order valence-corrected chi connectivity index (χ1v) is 11.6. The standard InChI is InChI=1S/C22H23N5O4S/c1-14(21(28)24-12-11-15-7-9-16(10-8-15)32(23,30)31)27-19-6-4-3-5-17(19)18-13-25-26(2)22(29)20(18)27/h3-10,13-14H,11-12H2,1-2H3,(H,24,28)(H2,23,30,31)/t14-/m1/s1. The van der Waals surface area contributed by atoms with Crippen LogP contribution in [0.25, 0.3) is 21.8 Å². The number of aromatic nitrogens is 3.